The Kier molecular flexibility index (Phi) is 9.16. The maximum atomic E-state index is 11.7. The number of Topliss-reactive ketones (excluding diaryl/α,β-unsaturated/α-hetero) is 1. The Labute approximate surface area is 117 Å². The molecule has 0 bridgehead atoms. The fourth-order valence-corrected chi connectivity index (χ4v) is 1.64. The molecule has 0 aliphatic carbocycles. The molecule has 0 aromatic heterocycles. The molecular formula is C12H19ClO6. The van der Waals surface area contributed by atoms with Crippen molar-refractivity contribution < 1.29 is 28.6 Å². The van der Waals surface area contributed by atoms with Crippen molar-refractivity contribution in [3.63, 3.8) is 0 Å². The monoisotopic (exact) mass is 294 g/mol. The van der Waals surface area contributed by atoms with Gasteiger partial charge in [0.25, 0.3) is 0 Å². The van der Waals surface area contributed by atoms with Gasteiger partial charge >= 0.3 is 11.9 Å². The molecule has 7 heteroatoms. The molecule has 0 rings (SSSR count). The molecule has 0 spiro atoms. The number of hydrogen-bond donors (Lipinski definition) is 0. The fourth-order valence-electron chi connectivity index (χ4n) is 1.42. The molecule has 0 N–H and O–H groups in total. The number of rotatable bonds is 9. The summed E-state index contributed by atoms with van der Waals surface area (Å²) in [4.78, 5) is 34.2. The van der Waals surface area contributed by atoms with Crippen molar-refractivity contribution in [2.75, 3.05) is 19.6 Å². The second kappa shape index (κ2) is 9.75. The van der Waals surface area contributed by atoms with E-state index in [4.69, 9.17) is 25.8 Å². The summed E-state index contributed by atoms with van der Waals surface area (Å²) < 4.78 is 14.7. The molecule has 2 unspecified atom stereocenters. The molecule has 6 nitrogen and oxygen atoms in total. The molecule has 110 valence electrons. The zero-order chi connectivity index (χ0) is 14.8. The summed E-state index contributed by atoms with van der Waals surface area (Å²) in [6.45, 7) is 2.94. The van der Waals surface area contributed by atoms with Gasteiger partial charge in [-0.1, -0.05) is 0 Å². The van der Waals surface area contributed by atoms with Crippen LogP contribution in [0.1, 0.15) is 26.7 Å². The van der Waals surface area contributed by atoms with Crippen LogP contribution >= 0.6 is 11.6 Å². The molecule has 0 aliphatic heterocycles. The van der Waals surface area contributed by atoms with Gasteiger partial charge < -0.3 is 14.2 Å². The van der Waals surface area contributed by atoms with E-state index < -0.39 is 24.1 Å². The Morgan fingerprint density at radius 1 is 1.26 bits per heavy atom. The molecule has 0 saturated carbocycles. The molecule has 0 aromatic carbocycles. The van der Waals surface area contributed by atoms with E-state index in [1.54, 1.807) is 6.92 Å². The highest BCUT2D eigenvalue weighted by Gasteiger charge is 2.34. The fraction of sp³-hybridized carbons (Fsp3) is 0.750. The molecule has 2 atom stereocenters. The van der Waals surface area contributed by atoms with Gasteiger partial charge in [-0.25, -0.2) is 4.79 Å². The van der Waals surface area contributed by atoms with Gasteiger partial charge in [0.05, 0.1) is 6.61 Å². The average Bonchev–Trinajstić information content (AvgIpc) is 2.33. The summed E-state index contributed by atoms with van der Waals surface area (Å²) in [7, 11) is 1.33. The third-order valence-electron chi connectivity index (χ3n) is 2.25. The summed E-state index contributed by atoms with van der Waals surface area (Å²) >= 11 is 5.46. The van der Waals surface area contributed by atoms with Crippen LogP contribution in [0.15, 0.2) is 0 Å². The summed E-state index contributed by atoms with van der Waals surface area (Å²) in [6.07, 6.45) is -2.03. The summed E-state index contributed by atoms with van der Waals surface area (Å²) in [5, 5.41) is 0. The van der Waals surface area contributed by atoms with Gasteiger partial charge in [-0.2, -0.15) is 0 Å². The van der Waals surface area contributed by atoms with E-state index >= 15 is 0 Å². The van der Waals surface area contributed by atoms with Gasteiger partial charge in [0.15, 0.2) is 0 Å². The SMILES string of the molecule is CCOC(=O)C(OC(C)=O)C(CC(=O)CCCl)OC. The van der Waals surface area contributed by atoms with Gasteiger partial charge in [0.1, 0.15) is 11.9 Å². The first kappa shape index (κ1) is 17.9. The van der Waals surface area contributed by atoms with E-state index in [-0.39, 0.29) is 31.1 Å². The lowest BCUT2D eigenvalue weighted by Crippen LogP contribution is -2.41. The average molecular weight is 295 g/mol. The molecule has 0 saturated heterocycles. The highest BCUT2D eigenvalue weighted by atomic mass is 35.5. The maximum Gasteiger partial charge on any atom is 0.350 e. The highest BCUT2D eigenvalue weighted by Crippen LogP contribution is 2.12. The lowest BCUT2D eigenvalue weighted by Gasteiger charge is -2.23. The van der Waals surface area contributed by atoms with Crippen LogP contribution in [0.4, 0.5) is 0 Å². The second-order valence-corrected chi connectivity index (χ2v) is 4.12. The van der Waals surface area contributed by atoms with Crippen LogP contribution in [-0.2, 0) is 28.6 Å². The largest absolute Gasteiger partial charge is 0.463 e. The number of carbonyl (C=O) groups excluding carboxylic acids is 3. The van der Waals surface area contributed by atoms with Crippen molar-refractivity contribution in [3.05, 3.63) is 0 Å². The van der Waals surface area contributed by atoms with Crippen molar-refractivity contribution in [1.29, 1.82) is 0 Å². The molecule has 0 fully saturated rings. The Morgan fingerprint density at radius 2 is 1.89 bits per heavy atom. The minimum absolute atomic E-state index is 0.0695. The Morgan fingerprint density at radius 3 is 2.32 bits per heavy atom. The Bertz CT molecular complexity index is 317. The molecule has 0 aromatic rings. The minimum atomic E-state index is -1.25. The van der Waals surface area contributed by atoms with E-state index in [9.17, 15) is 14.4 Å². The van der Waals surface area contributed by atoms with Crippen LogP contribution < -0.4 is 0 Å². The van der Waals surface area contributed by atoms with Gasteiger partial charge in [0.2, 0.25) is 6.10 Å². The standard InChI is InChI=1S/C12H19ClO6/c1-4-18-12(16)11(19-8(2)14)10(17-3)7-9(15)5-6-13/h10-11H,4-7H2,1-3H3. The molecule has 0 radical (unpaired) electrons. The van der Waals surface area contributed by atoms with Gasteiger partial charge in [0, 0.05) is 32.8 Å². The second-order valence-electron chi connectivity index (χ2n) is 3.74. The smallest absolute Gasteiger partial charge is 0.350 e. The first-order valence-corrected chi connectivity index (χ1v) is 6.44. The lowest BCUT2D eigenvalue weighted by molar-refractivity contribution is -0.176. The first-order valence-electron chi connectivity index (χ1n) is 5.90. The van der Waals surface area contributed by atoms with E-state index in [2.05, 4.69) is 0 Å². The topological polar surface area (TPSA) is 78.9 Å². The number of ketones is 1. The van der Waals surface area contributed by atoms with Crippen molar-refractivity contribution >= 4 is 29.3 Å². The number of esters is 2. The van der Waals surface area contributed by atoms with E-state index in [0.717, 1.165) is 0 Å². The maximum absolute atomic E-state index is 11.7. The van der Waals surface area contributed by atoms with Crippen LogP contribution in [-0.4, -0.2) is 49.5 Å². The van der Waals surface area contributed by atoms with Crippen molar-refractivity contribution in [1.82, 2.24) is 0 Å². The quantitative estimate of drug-likeness (QED) is 0.468. The molecule has 19 heavy (non-hydrogen) atoms. The minimum Gasteiger partial charge on any atom is -0.463 e. The lowest BCUT2D eigenvalue weighted by atomic mass is 10.1. The number of halogens is 1. The number of ether oxygens (including phenoxy) is 3. The van der Waals surface area contributed by atoms with Crippen molar-refractivity contribution in [2.24, 2.45) is 0 Å². The van der Waals surface area contributed by atoms with Gasteiger partial charge in [-0.3, -0.25) is 9.59 Å². The van der Waals surface area contributed by atoms with Crippen molar-refractivity contribution in [2.45, 2.75) is 38.9 Å². The zero-order valence-corrected chi connectivity index (χ0v) is 12.1. The third kappa shape index (κ3) is 7.12. The third-order valence-corrected chi connectivity index (χ3v) is 2.44. The van der Waals surface area contributed by atoms with Gasteiger partial charge in [-0.15, -0.1) is 11.6 Å². The van der Waals surface area contributed by atoms with Crippen LogP contribution in [0, 0.1) is 0 Å². The number of hydrogen-bond acceptors (Lipinski definition) is 6. The summed E-state index contributed by atoms with van der Waals surface area (Å²) in [5.74, 6) is -1.37. The van der Waals surface area contributed by atoms with Gasteiger partial charge in [-0.05, 0) is 6.92 Å². The number of methoxy groups -OCH3 is 1. The normalized spacial score (nSPS) is 13.5. The predicted octanol–water partition coefficient (Wildman–Crippen LogP) is 1.08. The highest BCUT2D eigenvalue weighted by molar-refractivity contribution is 6.19. The molecule has 0 heterocycles. The summed E-state index contributed by atoms with van der Waals surface area (Å²) in [5.41, 5.74) is 0. The van der Waals surface area contributed by atoms with Crippen LogP contribution in [0.3, 0.4) is 0 Å². The number of carbonyl (C=O) groups is 3. The Hall–Kier alpha value is -1.14. The van der Waals surface area contributed by atoms with E-state index in [0.29, 0.717) is 0 Å². The first-order chi connectivity index (χ1) is 8.96. The summed E-state index contributed by atoms with van der Waals surface area (Å²) in [6, 6.07) is 0. The zero-order valence-electron chi connectivity index (χ0n) is 11.3. The molecule has 0 amide bonds. The van der Waals surface area contributed by atoms with Crippen LogP contribution in [0.25, 0.3) is 0 Å². The molecule has 0 aliphatic rings. The van der Waals surface area contributed by atoms with E-state index in [1.165, 1.54) is 14.0 Å². The van der Waals surface area contributed by atoms with Crippen LogP contribution in [0.2, 0.25) is 0 Å². The predicted molar refractivity (Wildman–Crippen MR) is 67.9 cm³/mol. The van der Waals surface area contributed by atoms with E-state index in [1.807, 2.05) is 0 Å². The van der Waals surface area contributed by atoms with Crippen molar-refractivity contribution in [3.8, 4) is 0 Å². The number of alkyl halides is 1. The Balaban J connectivity index is 4.80. The van der Waals surface area contributed by atoms with Crippen LogP contribution in [0.5, 0.6) is 0 Å². The molecular weight excluding hydrogens is 276 g/mol.